The van der Waals surface area contributed by atoms with Crippen LogP contribution in [0, 0.1) is 11.8 Å². The first-order valence-corrected chi connectivity index (χ1v) is 3.30. The predicted molar refractivity (Wildman–Crippen MR) is 38.1 cm³/mol. The Bertz CT molecular complexity index is 101. The molecule has 2 atom stereocenters. The molecule has 0 aromatic heterocycles. The highest BCUT2D eigenvalue weighted by Gasteiger charge is 2.13. The van der Waals surface area contributed by atoms with Crippen molar-refractivity contribution in [3.63, 3.8) is 0 Å². The number of nitrogens with two attached hydrogens (primary N) is 1. The van der Waals surface area contributed by atoms with Crippen LogP contribution in [0.5, 0.6) is 0 Å². The van der Waals surface area contributed by atoms with Gasteiger partial charge in [0, 0.05) is 5.92 Å². The third kappa shape index (κ3) is 2.61. The molecule has 0 aromatic rings. The van der Waals surface area contributed by atoms with E-state index in [0.29, 0.717) is 12.5 Å². The maximum absolute atomic E-state index is 10.7. The lowest BCUT2D eigenvalue weighted by molar-refractivity contribution is -0.121. The second-order valence-electron chi connectivity index (χ2n) is 2.61. The summed E-state index contributed by atoms with van der Waals surface area (Å²) in [6, 6.07) is 0. The molecule has 9 heavy (non-hydrogen) atoms. The lowest BCUT2D eigenvalue weighted by atomic mass is 9.93. The van der Waals surface area contributed by atoms with Crippen molar-refractivity contribution in [2.75, 3.05) is 6.54 Å². The number of Topliss-reactive ketones (excluding diaryl/α,β-unsaturated/α-hetero) is 1. The molecule has 0 aliphatic carbocycles. The molecule has 54 valence electrons. The van der Waals surface area contributed by atoms with Crippen LogP contribution in [0.2, 0.25) is 0 Å². The molecule has 0 aliphatic rings. The minimum atomic E-state index is 0.120. The molecule has 2 nitrogen and oxygen atoms in total. The molecule has 0 saturated carbocycles. The SMILES string of the molecule is CC(=O)C(C)C(C)CN. The molecule has 0 saturated heterocycles. The van der Waals surface area contributed by atoms with Crippen molar-refractivity contribution in [2.24, 2.45) is 17.6 Å². The van der Waals surface area contributed by atoms with Crippen molar-refractivity contribution >= 4 is 5.78 Å². The third-order valence-corrected chi connectivity index (χ3v) is 1.87. The fraction of sp³-hybridized carbons (Fsp3) is 0.857. The highest BCUT2D eigenvalue weighted by Crippen LogP contribution is 2.09. The maximum Gasteiger partial charge on any atom is 0.132 e. The number of carbonyl (C=O) groups is 1. The van der Waals surface area contributed by atoms with Gasteiger partial charge in [-0.15, -0.1) is 0 Å². The Hall–Kier alpha value is -0.370. The molecule has 0 bridgehead atoms. The fourth-order valence-electron chi connectivity index (χ4n) is 0.605. The second-order valence-corrected chi connectivity index (χ2v) is 2.61. The molecule has 0 rings (SSSR count). The van der Waals surface area contributed by atoms with Crippen LogP contribution >= 0.6 is 0 Å². The number of rotatable bonds is 3. The van der Waals surface area contributed by atoms with Crippen LogP contribution in [0.3, 0.4) is 0 Å². The van der Waals surface area contributed by atoms with Gasteiger partial charge < -0.3 is 5.73 Å². The van der Waals surface area contributed by atoms with Gasteiger partial charge in [-0.25, -0.2) is 0 Å². The molecule has 0 amide bonds. The summed E-state index contributed by atoms with van der Waals surface area (Å²) in [6.45, 7) is 6.11. The molecule has 0 spiro atoms. The standard InChI is InChI=1S/C7H15NO/c1-5(4-8)6(2)7(3)9/h5-6H,4,8H2,1-3H3. The van der Waals surface area contributed by atoms with E-state index >= 15 is 0 Å². The molecule has 0 fully saturated rings. The van der Waals surface area contributed by atoms with Crippen molar-refractivity contribution in [1.29, 1.82) is 0 Å². The third-order valence-electron chi connectivity index (χ3n) is 1.87. The van der Waals surface area contributed by atoms with E-state index in [1.165, 1.54) is 0 Å². The van der Waals surface area contributed by atoms with Gasteiger partial charge in [-0.1, -0.05) is 13.8 Å². The largest absolute Gasteiger partial charge is 0.330 e. The van der Waals surface area contributed by atoms with E-state index in [9.17, 15) is 4.79 Å². The number of hydrogen-bond donors (Lipinski definition) is 1. The van der Waals surface area contributed by atoms with Gasteiger partial charge in [0.1, 0.15) is 5.78 Å². The zero-order valence-corrected chi connectivity index (χ0v) is 6.35. The van der Waals surface area contributed by atoms with Crippen molar-refractivity contribution in [1.82, 2.24) is 0 Å². The van der Waals surface area contributed by atoms with E-state index in [2.05, 4.69) is 0 Å². The summed E-state index contributed by atoms with van der Waals surface area (Å²) in [5.74, 6) is 0.672. The summed E-state index contributed by atoms with van der Waals surface area (Å²) in [7, 11) is 0. The van der Waals surface area contributed by atoms with Crippen LogP contribution in [-0.4, -0.2) is 12.3 Å². The van der Waals surface area contributed by atoms with Gasteiger partial charge in [0.25, 0.3) is 0 Å². The van der Waals surface area contributed by atoms with E-state index in [0.717, 1.165) is 0 Å². The first kappa shape index (κ1) is 8.63. The Morgan fingerprint density at radius 3 is 2.11 bits per heavy atom. The average molecular weight is 129 g/mol. The van der Waals surface area contributed by atoms with E-state index < -0.39 is 0 Å². The first-order valence-electron chi connectivity index (χ1n) is 3.30. The highest BCUT2D eigenvalue weighted by atomic mass is 16.1. The predicted octanol–water partition coefficient (Wildman–Crippen LogP) is 0.806. The molecule has 2 N–H and O–H groups in total. The Kier molecular flexibility index (Phi) is 3.47. The van der Waals surface area contributed by atoms with E-state index in [1.807, 2.05) is 13.8 Å². The minimum absolute atomic E-state index is 0.120. The van der Waals surface area contributed by atoms with Gasteiger partial charge in [-0.2, -0.15) is 0 Å². The highest BCUT2D eigenvalue weighted by molar-refractivity contribution is 5.78. The van der Waals surface area contributed by atoms with Crippen molar-refractivity contribution in [3.05, 3.63) is 0 Å². The van der Waals surface area contributed by atoms with Gasteiger partial charge in [-0.3, -0.25) is 4.79 Å². The van der Waals surface area contributed by atoms with Crippen LogP contribution in [0.25, 0.3) is 0 Å². The Labute approximate surface area is 56.4 Å². The van der Waals surface area contributed by atoms with Gasteiger partial charge >= 0.3 is 0 Å². The summed E-state index contributed by atoms with van der Waals surface area (Å²) in [5.41, 5.74) is 5.36. The molecule has 2 unspecified atom stereocenters. The van der Waals surface area contributed by atoms with Crippen LogP contribution in [-0.2, 0) is 4.79 Å². The van der Waals surface area contributed by atoms with Crippen molar-refractivity contribution in [3.8, 4) is 0 Å². The van der Waals surface area contributed by atoms with Crippen LogP contribution < -0.4 is 5.73 Å². The van der Waals surface area contributed by atoms with Gasteiger partial charge in [-0.05, 0) is 19.4 Å². The molecule has 0 aromatic carbocycles. The number of hydrogen-bond acceptors (Lipinski definition) is 2. The van der Waals surface area contributed by atoms with Gasteiger partial charge in [0.2, 0.25) is 0 Å². The molecule has 0 radical (unpaired) electrons. The second kappa shape index (κ2) is 3.62. The monoisotopic (exact) mass is 129 g/mol. The smallest absolute Gasteiger partial charge is 0.132 e. The Morgan fingerprint density at radius 1 is 1.56 bits per heavy atom. The normalized spacial score (nSPS) is 16.9. The molecule has 2 heteroatoms. The molecule has 0 heterocycles. The summed E-state index contributed by atoms with van der Waals surface area (Å²) in [6.07, 6.45) is 0. The lowest BCUT2D eigenvalue weighted by Gasteiger charge is -2.13. The average Bonchev–Trinajstić information content (AvgIpc) is 1.84. The van der Waals surface area contributed by atoms with Crippen molar-refractivity contribution in [2.45, 2.75) is 20.8 Å². The van der Waals surface area contributed by atoms with Crippen LogP contribution in [0.4, 0.5) is 0 Å². The number of carbonyl (C=O) groups excluding carboxylic acids is 1. The summed E-state index contributed by atoms with van der Waals surface area (Å²) in [5, 5.41) is 0. The zero-order chi connectivity index (χ0) is 7.44. The molecular formula is C7H15NO. The Balaban J connectivity index is 3.72. The Morgan fingerprint density at radius 2 is 2.00 bits per heavy atom. The van der Waals surface area contributed by atoms with E-state index in [1.54, 1.807) is 6.92 Å². The zero-order valence-electron chi connectivity index (χ0n) is 6.35. The van der Waals surface area contributed by atoms with Gasteiger partial charge in [0.15, 0.2) is 0 Å². The van der Waals surface area contributed by atoms with Crippen LogP contribution in [0.15, 0.2) is 0 Å². The summed E-state index contributed by atoms with van der Waals surface area (Å²) >= 11 is 0. The lowest BCUT2D eigenvalue weighted by Crippen LogP contribution is -2.23. The number of ketones is 1. The van der Waals surface area contributed by atoms with Crippen LogP contribution in [0.1, 0.15) is 20.8 Å². The van der Waals surface area contributed by atoms with E-state index in [-0.39, 0.29) is 11.7 Å². The topological polar surface area (TPSA) is 43.1 Å². The van der Waals surface area contributed by atoms with Gasteiger partial charge in [0.05, 0.1) is 0 Å². The first-order chi connectivity index (χ1) is 4.09. The molecule has 0 aliphatic heterocycles. The maximum atomic E-state index is 10.7. The minimum Gasteiger partial charge on any atom is -0.330 e. The molecular weight excluding hydrogens is 114 g/mol. The summed E-state index contributed by atoms with van der Waals surface area (Å²) in [4.78, 5) is 10.7. The van der Waals surface area contributed by atoms with Crippen molar-refractivity contribution < 1.29 is 4.79 Å². The summed E-state index contributed by atoms with van der Waals surface area (Å²) < 4.78 is 0. The van der Waals surface area contributed by atoms with E-state index in [4.69, 9.17) is 5.73 Å². The quantitative estimate of drug-likeness (QED) is 0.612. The fourth-order valence-corrected chi connectivity index (χ4v) is 0.605.